The maximum absolute atomic E-state index is 5.65. The van der Waals surface area contributed by atoms with E-state index >= 15 is 0 Å². The Hall–Kier alpha value is -0.0800. The first-order chi connectivity index (χ1) is 4.27. The van der Waals surface area contributed by atoms with Crippen LogP contribution in [0.25, 0.3) is 0 Å². The molecule has 1 aliphatic heterocycles. The number of hydrogen-bond acceptors (Lipinski definition) is 2. The van der Waals surface area contributed by atoms with Crippen molar-refractivity contribution in [3.63, 3.8) is 0 Å². The maximum atomic E-state index is 5.65. The van der Waals surface area contributed by atoms with Crippen molar-refractivity contribution in [1.82, 2.24) is 4.90 Å². The van der Waals surface area contributed by atoms with Crippen LogP contribution in [0.2, 0.25) is 0 Å². The Kier molecular flexibility index (Phi) is 0.945. The number of fused-ring (bicyclic) bond motifs is 1. The Morgan fingerprint density at radius 1 is 1.78 bits per heavy atom. The first kappa shape index (κ1) is 5.69. The van der Waals surface area contributed by atoms with Crippen LogP contribution in [0.1, 0.15) is 6.42 Å². The number of likely N-dealkylation sites (tertiary alicyclic amines) is 1. The Morgan fingerprint density at radius 2 is 2.56 bits per heavy atom. The lowest BCUT2D eigenvalue weighted by atomic mass is 10.1. The minimum atomic E-state index is 0.578. The van der Waals surface area contributed by atoms with Gasteiger partial charge in [-0.1, -0.05) is 0 Å². The number of piperidine rings is 1. The summed E-state index contributed by atoms with van der Waals surface area (Å²) >= 11 is 0. The quantitative estimate of drug-likeness (QED) is 0.531. The first-order valence-corrected chi connectivity index (χ1v) is 3.65. The van der Waals surface area contributed by atoms with E-state index in [2.05, 4.69) is 11.9 Å². The van der Waals surface area contributed by atoms with Crippen LogP contribution in [-0.4, -0.2) is 31.6 Å². The highest BCUT2D eigenvalue weighted by Gasteiger charge is 2.57. The fraction of sp³-hybridized carbons (Fsp3) is 1.00. The van der Waals surface area contributed by atoms with Crippen LogP contribution in [0.5, 0.6) is 0 Å². The number of rotatable bonds is 1. The van der Waals surface area contributed by atoms with Gasteiger partial charge in [-0.15, -0.1) is 0 Å². The van der Waals surface area contributed by atoms with Gasteiger partial charge in [0.15, 0.2) is 0 Å². The van der Waals surface area contributed by atoms with Crippen molar-refractivity contribution < 1.29 is 0 Å². The summed E-state index contributed by atoms with van der Waals surface area (Å²) in [6.45, 7) is 3.44. The minimum absolute atomic E-state index is 0.578. The van der Waals surface area contributed by atoms with Crippen molar-refractivity contribution in [2.24, 2.45) is 17.1 Å². The van der Waals surface area contributed by atoms with Gasteiger partial charge in [0.25, 0.3) is 0 Å². The van der Waals surface area contributed by atoms with Crippen molar-refractivity contribution >= 4 is 0 Å². The van der Waals surface area contributed by atoms with E-state index in [1.807, 2.05) is 0 Å². The van der Waals surface area contributed by atoms with E-state index in [9.17, 15) is 0 Å². The lowest BCUT2D eigenvalue weighted by molar-refractivity contribution is 0.339. The van der Waals surface area contributed by atoms with Crippen molar-refractivity contribution in [3.05, 3.63) is 0 Å². The van der Waals surface area contributed by atoms with E-state index in [0.717, 1.165) is 12.5 Å². The molecule has 0 aromatic heterocycles. The second kappa shape index (κ2) is 1.50. The molecule has 2 N–H and O–H groups in total. The summed E-state index contributed by atoms with van der Waals surface area (Å²) in [4.78, 5) is 2.39. The van der Waals surface area contributed by atoms with E-state index in [-0.39, 0.29) is 0 Å². The molecule has 2 fully saturated rings. The Bertz CT molecular complexity index is 131. The Morgan fingerprint density at radius 3 is 2.89 bits per heavy atom. The van der Waals surface area contributed by atoms with Gasteiger partial charge in [-0.05, 0) is 31.3 Å². The number of nitrogens with zero attached hydrogens (tertiary/aromatic N) is 1. The normalized spacial score (nSPS) is 49.3. The average molecular weight is 126 g/mol. The van der Waals surface area contributed by atoms with E-state index in [1.54, 1.807) is 0 Å². The smallest absolute Gasteiger partial charge is 0.00504 e. The van der Waals surface area contributed by atoms with E-state index < -0.39 is 0 Å². The van der Waals surface area contributed by atoms with Gasteiger partial charge in [0.05, 0.1) is 0 Å². The van der Waals surface area contributed by atoms with E-state index in [4.69, 9.17) is 5.73 Å². The molecule has 1 aliphatic carbocycles. The van der Waals surface area contributed by atoms with Gasteiger partial charge in [0.1, 0.15) is 0 Å². The van der Waals surface area contributed by atoms with Crippen LogP contribution in [0.3, 0.4) is 0 Å². The summed E-state index contributed by atoms with van der Waals surface area (Å²) in [6.07, 6.45) is 1.40. The topological polar surface area (TPSA) is 29.3 Å². The standard InChI is InChI=1S/C7H14N2/c1-9-3-6-2-7(6,4-8)5-9/h6H,2-5,8H2,1H3. The summed E-state index contributed by atoms with van der Waals surface area (Å²) in [7, 11) is 2.18. The summed E-state index contributed by atoms with van der Waals surface area (Å²) in [5, 5.41) is 0. The molecular formula is C7H14N2. The van der Waals surface area contributed by atoms with Gasteiger partial charge in [-0.3, -0.25) is 0 Å². The largest absolute Gasteiger partial charge is 0.330 e. The molecule has 2 unspecified atom stereocenters. The van der Waals surface area contributed by atoms with Gasteiger partial charge < -0.3 is 10.6 Å². The predicted octanol–water partition coefficient (Wildman–Crippen LogP) is -0.103. The van der Waals surface area contributed by atoms with Gasteiger partial charge in [0, 0.05) is 13.1 Å². The van der Waals surface area contributed by atoms with Gasteiger partial charge in [0.2, 0.25) is 0 Å². The SMILES string of the molecule is CN1CC2CC2(CN)C1. The summed E-state index contributed by atoms with van der Waals surface area (Å²) in [5.74, 6) is 0.951. The third kappa shape index (κ3) is 0.634. The van der Waals surface area contributed by atoms with Crippen LogP contribution < -0.4 is 5.73 Å². The molecule has 1 saturated carbocycles. The van der Waals surface area contributed by atoms with Crippen LogP contribution in [-0.2, 0) is 0 Å². The van der Waals surface area contributed by atoms with Gasteiger partial charge in [-0.2, -0.15) is 0 Å². The molecule has 9 heavy (non-hydrogen) atoms. The molecule has 2 heteroatoms. The highest BCUT2D eigenvalue weighted by atomic mass is 15.2. The molecule has 0 aromatic carbocycles. The molecule has 1 heterocycles. The number of nitrogens with two attached hydrogens (primary N) is 1. The van der Waals surface area contributed by atoms with Crippen molar-refractivity contribution in [2.45, 2.75) is 6.42 Å². The molecule has 2 rings (SSSR count). The van der Waals surface area contributed by atoms with Crippen molar-refractivity contribution in [2.75, 3.05) is 26.7 Å². The second-order valence-corrected chi connectivity index (χ2v) is 3.66. The zero-order chi connectivity index (χ0) is 6.48. The fourth-order valence-electron chi connectivity index (χ4n) is 2.18. The van der Waals surface area contributed by atoms with Gasteiger partial charge in [-0.25, -0.2) is 0 Å². The zero-order valence-electron chi connectivity index (χ0n) is 5.93. The van der Waals surface area contributed by atoms with E-state index in [0.29, 0.717) is 5.41 Å². The third-order valence-corrected chi connectivity index (χ3v) is 2.88. The van der Waals surface area contributed by atoms with Crippen molar-refractivity contribution in [1.29, 1.82) is 0 Å². The minimum Gasteiger partial charge on any atom is -0.330 e. The van der Waals surface area contributed by atoms with Crippen LogP contribution >= 0.6 is 0 Å². The Labute approximate surface area is 56.0 Å². The molecule has 0 aromatic rings. The van der Waals surface area contributed by atoms with Crippen molar-refractivity contribution in [3.8, 4) is 0 Å². The maximum Gasteiger partial charge on any atom is 0.00504 e. The fourth-order valence-corrected chi connectivity index (χ4v) is 2.18. The van der Waals surface area contributed by atoms with Crippen LogP contribution in [0.15, 0.2) is 0 Å². The Balaban J connectivity index is 2.05. The molecule has 0 radical (unpaired) electrons. The predicted molar refractivity (Wildman–Crippen MR) is 37.1 cm³/mol. The lowest BCUT2D eigenvalue weighted by Gasteiger charge is -2.13. The average Bonchev–Trinajstić information content (AvgIpc) is 2.38. The summed E-state index contributed by atoms with van der Waals surface area (Å²) in [5.41, 5.74) is 6.22. The molecular weight excluding hydrogens is 112 g/mol. The highest BCUT2D eigenvalue weighted by Crippen LogP contribution is 2.56. The monoisotopic (exact) mass is 126 g/mol. The lowest BCUT2D eigenvalue weighted by Crippen LogP contribution is -2.25. The second-order valence-electron chi connectivity index (χ2n) is 3.66. The van der Waals surface area contributed by atoms with Gasteiger partial charge >= 0.3 is 0 Å². The molecule has 0 bridgehead atoms. The molecule has 0 amide bonds. The summed E-state index contributed by atoms with van der Waals surface area (Å²) in [6, 6.07) is 0. The molecule has 1 saturated heterocycles. The molecule has 0 spiro atoms. The summed E-state index contributed by atoms with van der Waals surface area (Å²) < 4.78 is 0. The number of hydrogen-bond donors (Lipinski definition) is 1. The van der Waals surface area contributed by atoms with E-state index in [1.165, 1.54) is 19.5 Å². The third-order valence-electron chi connectivity index (χ3n) is 2.88. The first-order valence-electron chi connectivity index (χ1n) is 3.65. The molecule has 2 atom stereocenters. The molecule has 52 valence electrons. The molecule has 2 aliphatic rings. The molecule has 2 nitrogen and oxygen atoms in total. The zero-order valence-corrected chi connectivity index (χ0v) is 5.93. The highest BCUT2D eigenvalue weighted by molar-refractivity contribution is 5.10. The van der Waals surface area contributed by atoms with Crippen LogP contribution in [0.4, 0.5) is 0 Å². The van der Waals surface area contributed by atoms with Crippen LogP contribution in [0, 0.1) is 11.3 Å².